The summed E-state index contributed by atoms with van der Waals surface area (Å²) < 4.78 is 40.6. The maximum atomic E-state index is 13.0. The lowest BCUT2D eigenvalue weighted by Gasteiger charge is -2.11. The molecule has 29 heavy (non-hydrogen) atoms. The van der Waals surface area contributed by atoms with Crippen molar-refractivity contribution in [2.45, 2.75) is 24.9 Å². The molecule has 1 heterocycles. The van der Waals surface area contributed by atoms with E-state index in [1.165, 1.54) is 12.1 Å². The van der Waals surface area contributed by atoms with Crippen molar-refractivity contribution in [2.24, 2.45) is 0 Å². The summed E-state index contributed by atoms with van der Waals surface area (Å²) in [5, 5.41) is 6.89. The number of aromatic nitrogens is 2. The van der Waals surface area contributed by atoms with Gasteiger partial charge in [-0.15, -0.1) is 11.8 Å². The summed E-state index contributed by atoms with van der Waals surface area (Å²) in [7, 11) is 0. The van der Waals surface area contributed by atoms with E-state index in [-0.39, 0.29) is 16.7 Å². The predicted molar refractivity (Wildman–Crippen MR) is 109 cm³/mol. The first-order chi connectivity index (χ1) is 13.7. The summed E-state index contributed by atoms with van der Waals surface area (Å²) >= 11 is 6.62. The van der Waals surface area contributed by atoms with Crippen LogP contribution in [0.2, 0.25) is 5.02 Å². The highest BCUT2D eigenvalue weighted by atomic mass is 35.5. The van der Waals surface area contributed by atoms with Crippen molar-refractivity contribution in [3.05, 3.63) is 70.5 Å². The molecule has 0 fully saturated rings. The van der Waals surface area contributed by atoms with Gasteiger partial charge in [-0.1, -0.05) is 29.8 Å². The lowest BCUT2D eigenvalue weighted by molar-refractivity contribution is -0.137. The number of halogens is 4. The number of hydrogen-bond acceptors (Lipinski definition) is 3. The number of amides is 1. The molecule has 0 unspecified atom stereocenters. The summed E-state index contributed by atoms with van der Waals surface area (Å²) in [6.07, 6.45) is -4.55. The first-order valence-electron chi connectivity index (χ1n) is 8.58. The van der Waals surface area contributed by atoms with E-state index in [0.29, 0.717) is 16.3 Å². The van der Waals surface area contributed by atoms with Crippen LogP contribution in [0.25, 0.3) is 5.69 Å². The second-order valence-electron chi connectivity index (χ2n) is 6.27. The Balaban J connectivity index is 1.70. The fourth-order valence-corrected chi connectivity index (χ4v) is 3.74. The van der Waals surface area contributed by atoms with Gasteiger partial charge in [0, 0.05) is 4.90 Å². The SMILES string of the molecule is Cc1nn(-c2ccccc2)c(C)c1NC(=O)CSc1ccc(Cl)c(C(F)(F)F)c1. The molecule has 0 aliphatic rings. The number of nitrogens with zero attached hydrogens (tertiary/aromatic N) is 2. The Morgan fingerprint density at radius 1 is 1.17 bits per heavy atom. The maximum absolute atomic E-state index is 13.0. The van der Waals surface area contributed by atoms with Crippen molar-refractivity contribution in [3.63, 3.8) is 0 Å². The summed E-state index contributed by atoms with van der Waals surface area (Å²) in [5.74, 6) is -0.383. The number of alkyl halides is 3. The Morgan fingerprint density at radius 2 is 1.86 bits per heavy atom. The van der Waals surface area contributed by atoms with Crippen LogP contribution in [0.15, 0.2) is 53.4 Å². The molecule has 0 aliphatic carbocycles. The Hall–Kier alpha value is -2.45. The van der Waals surface area contributed by atoms with E-state index < -0.39 is 11.7 Å². The smallest absolute Gasteiger partial charge is 0.322 e. The van der Waals surface area contributed by atoms with E-state index in [0.717, 1.165) is 29.2 Å². The number of carbonyl (C=O) groups excluding carboxylic acids is 1. The van der Waals surface area contributed by atoms with Gasteiger partial charge < -0.3 is 5.32 Å². The van der Waals surface area contributed by atoms with Crippen LogP contribution >= 0.6 is 23.4 Å². The Morgan fingerprint density at radius 3 is 2.52 bits per heavy atom. The van der Waals surface area contributed by atoms with Crippen molar-refractivity contribution in [2.75, 3.05) is 11.1 Å². The first kappa shape index (κ1) is 21.3. The minimum absolute atomic E-state index is 0.0473. The first-order valence-corrected chi connectivity index (χ1v) is 9.94. The van der Waals surface area contributed by atoms with Crippen LogP contribution in [0.5, 0.6) is 0 Å². The number of aryl methyl sites for hydroxylation is 1. The van der Waals surface area contributed by atoms with Crippen LogP contribution < -0.4 is 5.32 Å². The van der Waals surface area contributed by atoms with Gasteiger partial charge in [0.15, 0.2) is 0 Å². The number of carbonyl (C=O) groups is 1. The molecule has 4 nitrogen and oxygen atoms in total. The number of para-hydroxylation sites is 1. The second kappa shape index (κ2) is 8.51. The normalized spacial score (nSPS) is 11.5. The van der Waals surface area contributed by atoms with Gasteiger partial charge in [0.25, 0.3) is 0 Å². The third-order valence-electron chi connectivity index (χ3n) is 4.17. The zero-order valence-corrected chi connectivity index (χ0v) is 17.1. The molecule has 3 rings (SSSR count). The second-order valence-corrected chi connectivity index (χ2v) is 7.73. The third-order valence-corrected chi connectivity index (χ3v) is 5.49. The zero-order chi connectivity index (χ0) is 21.2. The molecule has 0 radical (unpaired) electrons. The molecule has 0 bridgehead atoms. The van der Waals surface area contributed by atoms with Crippen LogP contribution in [0, 0.1) is 13.8 Å². The van der Waals surface area contributed by atoms with Gasteiger partial charge in [0.05, 0.1) is 39.1 Å². The van der Waals surface area contributed by atoms with E-state index in [9.17, 15) is 18.0 Å². The Kier molecular flexibility index (Phi) is 6.24. The quantitative estimate of drug-likeness (QED) is 0.504. The van der Waals surface area contributed by atoms with Crippen molar-refractivity contribution in [3.8, 4) is 5.69 Å². The van der Waals surface area contributed by atoms with Crippen molar-refractivity contribution >= 4 is 35.0 Å². The van der Waals surface area contributed by atoms with E-state index in [4.69, 9.17) is 11.6 Å². The van der Waals surface area contributed by atoms with Gasteiger partial charge in [-0.25, -0.2) is 4.68 Å². The number of nitrogens with one attached hydrogen (secondary N) is 1. The van der Waals surface area contributed by atoms with E-state index in [2.05, 4.69) is 10.4 Å². The van der Waals surface area contributed by atoms with Crippen molar-refractivity contribution < 1.29 is 18.0 Å². The van der Waals surface area contributed by atoms with E-state index in [1.807, 2.05) is 37.3 Å². The van der Waals surface area contributed by atoms with Gasteiger partial charge in [0.1, 0.15) is 0 Å². The highest BCUT2D eigenvalue weighted by molar-refractivity contribution is 8.00. The largest absolute Gasteiger partial charge is 0.417 e. The Bertz CT molecular complexity index is 1040. The fraction of sp³-hybridized carbons (Fsp3) is 0.200. The molecule has 0 atom stereocenters. The predicted octanol–water partition coefficient (Wildman–Crippen LogP) is 5.89. The average Bonchev–Trinajstić information content (AvgIpc) is 2.95. The average molecular weight is 440 g/mol. The molecule has 2 aromatic carbocycles. The number of benzene rings is 2. The Labute approximate surface area is 175 Å². The molecule has 1 N–H and O–H groups in total. The summed E-state index contributed by atoms with van der Waals surface area (Å²) in [6.45, 7) is 3.62. The van der Waals surface area contributed by atoms with Gasteiger partial charge in [-0.05, 0) is 44.2 Å². The summed E-state index contributed by atoms with van der Waals surface area (Å²) in [4.78, 5) is 12.7. The van der Waals surface area contributed by atoms with Crippen molar-refractivity contribution in [1.82, 2.24) is 9.78 Å². The lowest BCUT2D eigenvalue weighted by Crippen LogP contribution is -2.15. The topological polar surface area (TPSA) is 46.9 Å². The zero-order valence-electron chi connectivity index (χ0n) is 15.5. The maximum Gasteiger partial charge on any atom is 0.417 e. The van der Waals surface area contributed by atoms with Gasteiger partial charge in [0.2, 0.25) is 5.91 Å². The molecule has 0 spiro atoms. The minimum Gasteiger partial charge on any atom is -0.322 e. The number of anilines is 1. The van der Waals surface area contributed by atoms with Gasteiger partial charge >= 0.3 is 6.18 Å². The minimum atomic E-state index is -4.55. The molecule has 1 amide bonds. The van der Waals surface area contributed by atoms with Gasteiger partial charge in [-0.2, -0.15) is 18.3 Å². The lowest BCUT2D eigenvalue weighted by atomic mass is 10.2. The van der Waals surface area contributed by atoms with E-state index >= 15 is 0 Å². The van der Waals surface area contributed by atoms with Crippen LogP contribution in [-0.4, -0.2) is 21.4 Å². The van der Waals surface area contributed by atoms with Crippen LogP contribution in [0.3, 0.4) is 0 Å². The van der Waals surface area contributed by atoms with Gasteiger partial charge in [-0.3, -0.25) is 4.79 Å². The molecular formula is C20H17ClF3N3OS. The van der Waals surface area contributed by atoms with Crippen LogP contribution in [-0.2, 0) is 11.0 Å². The fourth-order valence-electron chi connectivity index (χ4n) is 2.78. The summed E-state index contributed by atoms with van der Waals surface area (Å²) in [6, 6.07) is 13.1. The monoisotopic (exact) mass is 439 g/mol. The number of hydrogen-bond donors (Lipinski definition) is 1. The third kappa shape index (κ3) is 4.94. The highest BCUT2D eigenvalue weighted by Crippen LogP contribution is 2.37. The summed E-state index contributed by atoms with van der Waals surface area (Å²) in [5.41, 5.74) is 1.95. The van der Waals surface area contributed by atoms with Crippen LogP contribution in [0.1, 0.15) is 17.0 Å². The molecule has 3 aromatic rings. The molecule has 0 saturated carbocycles. The number of thioether (sulfide) groups is 1. The van der Waals surface area contributed by atoms with E-state index in [1.54, 1.807) is 11.6 Å². The van der Waals surface area contributed by atoms with Crippen LogP contribution in [0.4, 0.5) is 18.9 Å². The molecule has 0 aliphatic heterocycles. The standard InChI is InChI=1S/C20H17ClF3N3OS/c1-12-19(13(2)27(26-12)14-6-4-3-5-7-14)25-18(28)11-29-15-8-9-17(21)16(10-15)20(22,23)24/h3-10H,11H2,1-2H3,(H,25,28). The molecule has 152 valence electrons. The highest BCUT2D eigenvalue weighted by Gasteiger charge is 2.33. The molecular weight excluding hydrogens is 423 g/mol. The molecule has 1 aromatic heterocycles. The molecule has 9 heteroatoms. The number of rotatable bonds is 5. The molecule has 0 saturated heterocycles. The van der Waals surface area contributed by atoms with Crippen molar-refractivity contribution in [1.29, 1.82) is 0 Å².